The first-order valence-corrected chi connectivity index (χ1v) is 13.5. The standard InChI is InChI=1S/C30H41N3O6/c1-3-18-33(2)20-26-19-27(23-12-10-22(21-34)11-13-23)39-30(38-26)24-14-16-25(17-15-24)31-28(35)8-6-4-5-7-9-29(36)32-37/h3,10-17,26-27,30,34,37H,1,4-9,18-21H2,2H3,(H,31,35)(H,32,36). The summed E-state index contributed by atoms with van der Waals surface area (Å²) in [5, 5.41) is 20.8. The van der Waals surface area contributed by atoms with Crippen molar-refractivity contribution >= 4 is 17.5 Å². The van der Waals surface area contributed by atoms with Crippen LogP contribution in [-0.2, 0) is 25.7 Å². The van der Waals surface area contributed by atoms with Crippen molar-refractivity contribution in [2.24, 2.45) is 0 Å². The third-order valence-electron chi connectivity index (χ3n) is 6.72. The van der Waals surface area contributed by atoms with Gasteiger partial charge in [0, 0.05) is 43.6 Å². The molecule has 9 nitrogen and oxygen atoms in total. The number of likely N-dealkylation sites (N-methyl/N-ethyl adjacent to an activating group) is 1. The number of unbranched alkanes of at least 4 members (excludes halogenated alkanes) is 3. The number of rotatable bonds is 15. The van der Waals surface area contributed by atoms with Gasteiger partial charge in [-0.3, -0.25) is 14.8 Å². The number of carbonyl (C=O) groups excluding carboxylic acids is 2. The first-order chi connectivity index (χ1) is 18.9. The van der Waals surface area contributed by atoms with Crippen molar-refractivity contribution in [1.29, 1.82) is 0 Å². The number of benzene rings is 2. The van der Waals surface area contributed by atoms with Gasteiger partial charge >= 0.3 is 0 Å². The number of ether oxygens (including phenoxy) is 2. The van der Waals surface area contributed by atoms with Crippen LogP contribution in [0.4, 0.5) is 5.69 Å². The summed E-state index contributed by atoms with van der Waals surface area (Å²) in [6.07, 6.45) is 5.59. The van der Waals surface area contributed by atoms with Crippen LogP contribution in [0.5, 0.6) is 0 Å². The van der Waals surface area contributed by atoms with Crippen LogP contribution >= 0.6 is 0 Å². The molecule has 1 saturated heterocycles. The molecule has 2 aromatic rings. The van der Waals surface area contributed by atoms with E-state index in [2.05, 4.69) is 16.8 Å². The fourth-order valence-electron chi connectivity index (χ4n) is 4.60. The molecule has 0 radical (unpaired) electrons. The SMILES string of the molecule is C=CCN(C)CC1CC(c2ccc(CO)cc2)OC(c2ccc(NC(=O)CCCCCCC(=O)NO)cc2)O1. The van der Waals surface area contributed by atoms with Crippen LogP contribution in [0.15, 0.2) is 61.2 Å². The van der Waals surface area contributed by atoms with Crippen LogP contribution in [0.3, 0.4) is 0 Å². The summed E-state index contributed by atoms with van der Waals surface area (Å²) >= 11 is 0. The summed E-state index contributed by atoms with van der Waals surface area (Å²) in [5.41, 5.74) is 5.09. The minimum Gasteiger partial charge on any atom is -0.392 e. The zero-order chi connectivity index (χ0) is 28.0. The Hall–Kier alpha value is -3.08. The third-order valence-corrected chi connectivity index (χ3v) is 6.72. The van der Waals surface area contributed by atoms with Crippen molar-refractivity contribution in [3.63, 3.8) is 0 Å². The number of hydroxylamine groups is 1. The van der Waals surface area contributed by atoms with Crippen LogP contribution in [0.25, 0.3) is 0 Å². The zero-order valence-corrected chi connectivity index (χ0v) is 22.7. The number of hydrogen-bond acceptors (Lipinski definition) is 7. The van der Waals surface area contributed by atoms with E-state index in [4.69, 9.17) is 14.7 Å². The maximum Gasteiger partial charge on any atom is 0.243 e. The van der Waals surface area contributed by atoms with Gasteiger partial charge in [0.2, 0.25) is 11.8 Å². The van der Waals surface area contributed by atoms with E-state index in [-0.39, 0.29) is 37.0 Å². The molecule has 1 aliphatic heterocycles. The largest absolute Gasteiger partial charge is 0.392 e. The van der Waals surface area contributed by atoms with Gasteiger partial charge in [0.25, 0.3) is 0 Å². The van der Waals surface area contributed by atoms with Gasteiger partial charge in [-0.2, -0.15) is 0 Å². The quantitative estimate of drug-likeness (QED) is 0.113. The Kier molecular flexibility index (Phi) is 12.6. The Morgan fingerprint density at radius 2 is 1.62 bits per heavy atom. The number of nitrogens with one attached hydrogen (secondary N) is 2. The van der Waals surface area contributed by atoms with Gasteiger partial charge in [0.1, 0.15) is 0 Å². The molecule has 39 heavy (non-hydrogen) atoms. The van der Waals surface area contributed by atoms with E-state index in [9.17, 15) is 14.7 Å². The van der Waals surface area contributed by atoms with Gasteiger partial charge in [0.15, 0.2) is 6.29 Å². The highest BCUT2D eigenvalue weighted by Crippen LogP contribution is 2.38. The minimum absolute atomic E-state index is 0.000900. The lowest BCUT2D eigenvalue weighted by Gasteiger charge is -2.37. The topological polar surface area (TPSA) is 120 Å². The van der Waals surface area contributed by atoms with Gasteiger partial charge in [-0.1, -0.05) is 55.3 Å². The molecule has 0 aliphatic carbocycles. The van der Waals surface area contributed by atoms with E-state index in [0.717, 1.165) is 49.0 Å². The fourth-order valence-corrected chi connectivity index (χ4v) is 4.60. The van der Waals surface area contributed by atoms with E-state index in [0.29, 0.717) is 24.9 Å². The van der Waals surface area contributed by atoms with Crippen molar-refractivity contribution in [3.8, 4) is 0 Å². The highest BCUT2D eigenvalue weighted by molar-refractivity contribution is 5.90. The summed E-state index contributed by atoms with van der Waals surface area (Å²) in [5.74, 6) is -0.444. The predicted octanol–water partition coefficient (Wildman–Crippen LogP) is 4.63. The Bertz CT molecular complexity index is 1040. The van der Waals surface area contributed by atoms with E-state index < -0.39 is 6.29 Å². The normalized spacial score (nSPS) is 19.0. The molecular formula is C30H41N3O6. The van der Waals surface area contributed by atoms with Crippen LogP contribution in [0, 0.1) is 0 Å². The second-order valence-corrected chi connectivity index (χ2v) is 9.98. The van der Waals surface area contributed by atoms with E-state index in [1.807, 2.05) is 61.7 Å². The van der Waals surface area contributed by atoms with Gasteiger partial charge in [0.05, 0.1) is 18.8 Å². The maximum atomic E-state index is 12.3. The number of aliphatic hydroxyl groups is 1. The number of anilines is 1. The smallest absolute Gasteiger partial charge is 0.243 e. The van der Waals surface area contributed by atoms with Crippen LogP contribution in [0.1, 0.15) is 74.0 Å². The molecule has 9 heteroatoms. The Balaban J connectivity index is 1.56. The molecule has 2 aromatic carbocycles. The summed E-state index contributed by atoms with van der Waals surface area (Å²) in [6, 6.07) is 15.3. The van der Waals surface area contributed by atoms with Crippen LogP contribution in [-0.4, -0.2) is 53.3 Å². The summed E-state index contributed by atoms with van der Waals surface area (Å²) < 4.78 is 12.7. The number of carbonyl (C=O) groups is 2. The molecule has 212 valence electrons. The van der Waals surface area contributed by atoms with E-state index in [1.165, 1.54) is 0 Å². The van der Waals surface area contributed by atoms with Crippen molar-refractivity contribution in [3.05, 3.63) is 77.9 Å². The Morgan fingerprint density at radius 1 is 0.974 bits per heavy atom. The maximum absolute atomic E-state index is 12.3. The molecule has 0 spiro atoms. The summed E-state index contributed by atoms with van der Waals surface area (Å²) in [4.78, 5) is 25.5. The van der Waals surface area contributed by atoms with Gasteiger partial charge in [-0.25, -0.2) is 5.48 Å². The summed E-state index contributed by atoms with van der Waals surface area (Å²) in [6.45, 7) is 5.32. The Morgan fingerprint density at radius 3 is 2.23 bits per heavy atom. The minimum atomic E-state index is -0.555. The van der Waals surface area contributed by atoms with E-state index in [1.54, 1.807) is 5.48 Å². The molecule has 1 fully saturated rings. The molecular weight excluding hydrogens is 498 g/mol. The predicted molar refractivity (Wildman–Crippen MR) is 149 cm³/mol. The monoisotopic (exact) mass is 539 g/mol. The summed E-state index contributed by atoms with van der Waals surface area (Å²) in [7, 11) is 2.04. The first kappa shape index (κ1) is 30.5. The highest BCUT2D eigenvalue weighted by Gasteiger charge is 2.32. The van der Waals surface area contributed by atoms with Crippen LogP contribution < -0.4 is 10.8 Å². The molecule has 1 heterocycles. The number of amides is 2. The number of nitrogens with zero attached hydrogens (tertiary/aromatic N) is 1. The average molecular weight is 540 g/mol. The molecule has 0 bridgehead atoms. The molecule has 3 atom stereocenters. The van der Waals surface area contributed by atoms with E-state index >= 15 is 0 Å². The highest BCUT2D eigenvalue weighted by atomic mass is 16.7. The second-order valence-electron chi connectivity index (χ2n) is 9.98. The molecule has 3 rings (SSSR count). The molecule has 2 amide bonds. The zero-order valence-electron chi connectivity index (χ0n) is 22.7. The molecule has 0 saturated carbocycles. The third kappa shape index (κ3) is 10.2. The number of aliphatic hydroxyl groups excluding tert-OH is 1. The van der Waals surface area contributed by atoms with Crippen molar-refractivity contribution in [2.45, 2.75) is 70.1 Å². The number of hydrogen-bond donors (Lipinski definition) is 4. The van der Waals surface area contributed by atoms with Crippen LogP contribution in [0.2, 0.25) is 0 Å². The molecule has 3 unspecified atom stereocenters. The van der Waals surface area contributed by atoms with Crippen molar-refractivity contribution < 1.29 is 29.4 Å². The lowest BCUT2D eigenvalue weighted by atomic mass is 9.99. The fraction of sp³-hybridized carbons (Fsp3) is 0.467. The molecule has 0 aromatic heterocycles. The Labute approximate surface area is 230 Å². The molecule has 1 aliphatic rings. The lowest BCUT2D eigenvalue weighted by molar-refractivity contribution is -0.252. The second kappa shape index (κ2) is 16.1. The molecule has 4 N–H and O–H groups in total. The van der Waals surface area contributed by atoms with Gasteiger partial charge < -0.3 is 24.8 Å². The first-order valence-electron chi connectivity index (χ1n) is 13.5. The van der Waals surface area contributed by atoms with Gasteiger partial charge in [-0.05, 0) is 43.1 Å². The van der Waals surface area contributed by atoms with Gasteiger partial charge in [-0.15, -0.1) is 6.58 Å². The van der Waals surface area contributed by atoms with Crippen molar-refractivity contribution in [1.82, 2.24) is 10.4 Å². The van der Waals surface area contributed by atoms with Crippen molar-refractivity contribution in [2.75, 3.05) is 25.5 Å². The average Bonchev–Trinajstić information content (AvgIpc) is 2.95. The lowest BCUT2D eigenvalue weighted by Crippen LogP contribution is -2.37.